The third kappa shape index (κ3) is 3.21. The molecule has 1 heterocycles. The van der Waals surface area contributed by atoms with Gasteiger partial charge in [0.25, 0.3) is 0 Å². The SMILES string of the molecule is Cc1cccc(N=NC(C)c2cccnc2)c1. The molecule has 0 saturated heterocycles. The Balaban J connectivity index is 2.11. The lowest BCUT2D eigenvalue weighted by Gasteiger charge is -2.03. The van der Waals surface area contributed by atoms with Gasteiger partial charge in [-0.05, 0) is 43.2 Å². The number of benzene rings is 1. The van der Waals surface area contributed by atoms with Crippen LogP contribution in [-0.2, 0) is 0 Å². The van der Waals surface area contributed by atoms with Crippen LogP contribution in [0.3, 0.4) is 0 Å². The molecule has 1 aromatic carbocycles. The van der Waals surface area contributed by atoms with Crippen molar-refractivity contribution in [1.29, 1.82) is 0 Å². The molecule has 0 spiro atoms. The van der Waals surface area contributed by atoms with Crippen LogP contribution in [0, 0.1) is 6.92 Å². The van der Waals surface area contributed by atoms with E-state index in [0.29, 0.717) is 0 Å². The fourth-order valence-corrected chi connectivity index (χ4v) is 1.53. The largest absolute Gasteiger partial charge is 0.264 e. The van der Waals surface area contributed by atoms with Gasteiger partial charge in [-0.25, -0.2) is 0 Å². The fourth-order valence-electron chi connectivity index (χ4n) is 1.53. The normalized spacial score (nSPS) is 12.8. The Kier molecular flexibility index (Phi) is 3.60. The highest BCUT2D eigenvalue weighted by molar-refractivity contribution is 5.38. The lowest BCUT2D eigenvalue weighted by Crippen LogP contribution is -1.88. The van der Waals surface area contributed by atoms with Gasteiger partial charge in [-0.2, -0.15) is 10.2 Å². The molecule has 0 bridgehead atoms. The molecule has 0 radical (unpaired) electrons. The molecule has 0 saturated carbocycles. The summed E-state index contributed by atoms with van der Waals surface area (Å²) in [6.45, 7) is 4.06. The molecular formula is C14H15N3. The van der Waals surface area contributed by atoms with Gasteiger partial charge in [-0.3, -0.25) is 4.98 Å². The first-order valence-electron chi connectivity index (χ1n) is 5.63. The van der Waals surface area contributed by atoms with Crippen molar-refractivity contribution in [3.8, 4) is 0 Å². The molecule has 0 aliphatic heterocycles. The zero-order valence-corrected chi connectivity index (χ0v) is 10.0. The molecule has 0 N–H and O–H groups in total. The second-order valence-electron chi connectivity index (χ2n) is 4.02. The zero-order chi connectivity index (χ0) is 12.1. The lowest BCUT2D eigenvalue weighted by molar-refractivity contribution is 0.759. The summed E-state index contributed by atoms with van der Waals surface area (Å²) < 4.78 is 0. The Morgan fingerprint density at radius 2 is 2.06 bits per heavy atom. The molecule has 17 heavy (non-hydrogen) atoms. The highest BCUT2D eigenvalue weighted by Gasteiger charge is 2.02. The van der Waals surface area contributed by atoms with Crippen molar-refractivity contribution in [3.05, 3.63) is 59.9 Å². The molecule has 1 aromatic heterocycles. The van der Waals surface area contributed by atoms with Crippen LogP contribution in [-0.4, -0.2) is 4.98 Å². The smallest absolute Gasteiger partial charge is 0.0948 e. The minimum absolute atomic E-state index is 0.0317. The van der Waals surface area contributed by atoms with E-state index in [9.17, 15) is 0 Å². The van der Waals surface area contributed by atoms with Crippen LogP contribution in [0.4, 0.5) is 5.69 Å². The van der Waals surface area contributed by atoms with Crippen molar-refractivity contribution in [3.63, 3.8) is 0 Å². The van der Waals surface area contributed by atoms with Crippen LogP contribution >= 0.6 is 0 Å². The van der Waals surface area contributed by atoms with Crippen molar-refractivity contribution < 1.29 is 0 Å². The highest BCUT2D eigenvalue weighted by atomic mass is 15.1. The number of hydrogen-bond acceptors (Lipinski definition) is 3. The molecule has 0 aliphatic rings. The summed E-state index contributed by atoms with van der Waals surface area (Å²) in [5.41, 5.74) is 3.15. The van der Waals surface area contributed by atoms with Gasteiger partial charge >= 0.3 is 0 Å². The van der Waals surface area contributed by atoms with Gasteiger partial charge in [0.1, 0.15) is 0 Å². The number of rotatable bonds is 3. The number of nitrogens with zero attached hydrogens (tertiary/aromatic N) is 3. The summed E-state index contributed by atoms with van der Waals surface area (Å²) in [6, 6.07) is 11.9. The molecule has 3 heteroatoms. The Morgan fingerprint density at radius 3 is 2.76 bits per heavy atom. The average molecular weight is 225 g/mol. The molecule has 86 valence electrons. The first kappa shape index (κ1) is 11.5. The molecule has 2 aromatic rings. The van der Waals surface area contributed by atoms with Crippen LogP contribution in [0.1, 0.15) is 24.1 Å². The van der Waals surface area contributed by atoms with Gasteiger partial charge in [0.2, 0.25) is 0 Å². The zero-order valence-electron chi connectivity index (χ0n) is 10.0. The third-order valence-corrected chi connectivity index (χ3v) is 2.51. The van der Waals surface area contributed by atoms with E-state index in [1.54, 1.807) is 6.20 Å². The van der Waals surface area contributed by atoms with Gasteiger partial charge in [0.05, 0.1) is 11.7 Å². The molecule has 1 unspecified atom stereocenters. The maximum absolute atomic E-state index is 4.29. The Morgan fingerprint density at radius 1 is 1.18 bits per heavy atom. The second kappa shape index (κ2) is 5.34. The number of aryl methyl sites for hydroxylation is 1. The number of azo groups is 1. The lowest BCUT2D eigenvalue weighted by atomic mass is 10.2. The molecule has 0 fully saturated rings. The predicted octanol–water partition coefficient (Wildman–Crippen LogP) is 4.23. The van der Waals surface area contributed by atoms with Gasteiger partial charge < -0.3 is 0 Å². The summed E-state index contributed by atoms with van der Waals surface area (Å²) >= 11 is 0. The summed E-state index contributed by atoms with van der Waals surface area (Å²) in [5.74, 6) is 0. The molecule has 0 amide bonds. The standard InChI is InChI=1S/C14H15N3/c1-11-5-3-7-14(9-11)17-16-12(2)13-6-4-8-15-10-13/h3-10,12H,1-2H3. The Labute approximate surface area is 101 Å². The van der Waals surface area contributed by atoms with Gasteiger partial charge in [-0.15, -0.1) is 0 Å². The Hall–Kier alpha value is -2.03. The van der Waals surface area contributed by atoms with Crippen LogP contribution in [0.5, 0.6) is 0 Å². The van der Waals surface area contributed by atoms with Crippen LogP contribution in [0.15, 0.2) is 59.0 Å². The highest BCUT2D eigenvalue weighted by Crippen LogP contribution is 2.20. The topological polar surface area (TPSA) is 37.6 Å². The van der Waals surface area contributed by atoms with E-state index in [2.05, 4.69) is 15.2 Å². The van der Waals surface area contributed by atoms with E-state index >= 15 is 0 Å². The van der Waals surface area contributed by atoms with Crippen molar-refractivity contribution in [1.82, 2.24) is 4.98 Å². The summed E-state index contributed by atoms with van der Waals surface area (Å²) in [6.07, 6.45) is 3.58. The second-order valence-corrected chi connectivity index (χ2v) is 4.02. The van der Waals surface area contributed by atoms with Crippen LogP contribution in [0.25, 0.3) is 0 Å². The summed E-state index contributed by atoms with van der Waals surface area (Å²) in [5, 5.41) is 8.53. The predicted molar refractivity (Wildman–Crippen MR) is 68.3 cm³/mol. The molecule has 0 aliphatic carbocycles. The monoisotopic (exact) mass is 225 g/mol. The average Bonchev–Trinajstić information content (AvgIpc) is 2.37. The van der Waals surface area contributed by atoms with E-state index in [4.69, 9.17) is 0 Å². The van der Waals surface area contributed by atoms with E-state index in [-0.39, 0.29) is 6.04 Å². The van der Waals surface area contributed by atoms with Crippen molar-refractivity contribution in [2.75, 3.05) is 0 Å². The van der Waals surface area contributed by atoms with Gasteiger partial charge in [-0.1, -0.05) is 18.2 Å². The van der Waals surface area contributed by atoms with E-state index in [1.807, 2.05) is 56.4 Å². The van der Waals surface area contributed by atoms with Crippen molar-refractivity contribution in [2.45, 2.75) is 19.9 Å². The van der Waals surface area contributed by atoms with E-state index < -0.39 is 0 Å². The first-order valence-corrected chi connectivity index (χ1v) is 5.63. The van der Waals surface area contributed by atoms with Gasteiger partial charge in [0, 0.05) is 12.4 Å². The molecular weight excluding hydrogens is 210 g/mol. The first-order chi connectivity index (χ1) is 8.25. The summed E-state index contributed by atoms with van der Waals surface area (Å²) in [7, 11) is 0. The van der Waals surface area contributed by atoms with Crippen LogP contribution < -0.4 is 0 Å². The number of aromatic nitrogens is 1. The fraction of sp³-hybridized carbons (Fsp3) is 0.214. The van der Waals surface area contributed by atoms with Crippen LogP contribution in [0.2, 0.25) is 0 Å². The molecule has 1 atom stereocenters. The number of pyridine rings is 1. The molecule has 3 nitrogen and oxygen atoms in total. The van der Waals surface area contributed by atoms with Crippen molar-refractivity contribution >= 4 is 5.69 Å². The van der Waals surface area contributed by atoms with Crippen molar-refractivity contribution in [2.24, 2.45) is 10.2 Å². The maximum atomic E-state index is 4.29. The minimum atomic E-state index is 0.0317. The number of hydrogen-bond donors (Lipinski definition) is 0. The van der Waals surface area contributed by atoms with E-state index in [1.165, 1.54) is 5.56 Å². The van der Waals surface area contributed by atoms with E-state index in [0.717, 1.165) is 11.3 Å². The van der Waals surface area contributed by atoms with Gasteiger partial charge in [0.15, 0.2) is 0 Å². The maximum Gasteiger partial charge on any atom is 0.0948 e. The third-order valence-electron chi connectivity index (χ3n) is 2.51. The quantitative estimate of drug-likeness (QED) is 0.720. The summed E-state index contributed by atoms with van der Waals surface area (Å²) in [4.78, 5) is 4.07. The minimum Gasteiger partial charge on any atom is -0.264 e. The Bertz CT molecular complexity index is 506. The molecule has 2 rings (SSSR count).